The van der Waals surface area contributed by atoms with Crippen molar-refractivity contribution in [3.8, 4) is 0 Å². The van der Waals surface area contributed by atoms with E-state index in [2.05, 4.69) is 5.32 Å². The number of carbonyl (C=O) groups excluding carboxylic acids is 4. The molecule has 4 aromatic rings. The van der Waals surface area contributed by atoms with Gasteiger partial charge in [0, 0.05) is 36.3 Å². The van der Waals surface area contributed by atoms with E-state index in [9.17, 15) is 37.1 Å². The van der Waals surface area contributed by atoms with Crippen LogP contribution in [-0.2, 0) is 31.8 Å². The third-order valence-corrected chi connectivity index (χ3v) is 10.8. The van der Waals surface area contributed by atoms with E-state index in [1.54, 1.807) is 19.1 Å². The predicted octanol–water partition coefficient (Wildman–Crippen LogP) is 5.61. The standard InChI is InChI=1S/C34H29F3N4O6S2/c1-4-47-32(45)19-8-12-21(13-9-19)38-24(42)17-40-31-28(49-33(40)46)25(18-10-14-22(15-11-18)39(2)3)26-27(48-31)30(44)41(29(26)43)23-7-5-6-20(16-23)34(35,36)37/h5-16,25-27H,4,17H2,1-3H3,(H,38,42). The van der Waals surface area contributed by atoms with E-state index in [1.807, 2.05) is 31.1 Å². The molecule has 10 nitrogen and oxygen atoms in total. The number of imide groups is 1. The zero-order chi connectivity index (χ0) is 35.2. The van der Waals surface area contributed by atoms with E-state index in [0.29, 0.717) is 26.7 Å². The van der Waals surface area contributed by atoms with Gasteiger partial charge < -0.3 is 15.0 Å². The molecule has 3 heterocycles. The molecule has 49 heavy (non-hydrogen) atoms. The Balaban J connectivity index is 1.36. The molecule has 6 rings (SSSR count). The Labute approximate surface area is 286 Å². The summed E-state index contributed by atoms with van der Waals surface area (Å²) < 4.78 is 47.0. The largest absolute Gasteiger partial charge is 0.462 e. The van der Waals surface area contributed by atoms with Gasteiger partial charge in [0.25, 0.3) is 0 Å². The number of thioether (sulfide) groups is 1. The summed E-state index contributed by atoms with van der Waals surface area (Å²) in [6.07, 6.45) is -4.69. The fraction of sp³-hybridized carbons (Fsp3) is 0.265. The number of rotatable bonds is 8. The van der Waals surface area contributed by atoms with Crippen LogP contribution in [0.1, 0.15) is 39.2 Å². The van der Waals surface area contributed by atoms with Gasteiger partial charge in [-0.2, -0.15) is 13.2 Å². The molecule has 0 aliphatic carbocycles. The monoisotopic (exact) mass is 710 g/mol. The van der Waals surface area contributed by atoms with Crippen molar-refractivity contribution in [3.05, 3.63) is 104 Å². The minimum absolute atomic E-state index is 0.198. The number of esters is 1. The highest BCUT2D eigenvalue weighted by Crippen LogP contribution is 2.54. The number of benzene rings is 3. The van der Waals surface area contributed by atoms with Gasteiger partial charge in [0.2, 0.25) is 17.7 Å². The number of thiazole rings is 1. The van der Waals surface area contributed by atoms with E-state index in [1.165, 1.54) is 34.9 Å². The fourth-order valence-corrected chi connectivity index (χ4v) is 8.69. The van der Waals surface area contributed by atoms with Crippen molar-refractivity contribution in [2.24, 2.45) is 5.92 Å². The highest BCUT2D eigenvalue weighted by molar-refractivity contribution is 8.00. The summed E-state index contributed by atoms with van der Waals surface area (Å²) in [7, 11) is 3.72. The average Bonchev–Trinajstić information content (AvgIpc) is 3.51. The van der Waals surface area contributed by atoms with E-state index in [4.69, 9.17) is 4.74 Å². The minimum atomic E-state index is -4.69. The van der Waals surface area contributed by atoms with Crippen molar-refractivity contribution in [1.29, 1.82) is 0 Å². The summed E-state index contributed by atoms with van der Waals surface area (Å²) in [6.45, 7) is 1.48. The topological polar surface area (TPSA) is 118 Å². The third-order valence-electron chi connectivity index (χ3n) is 8.23. The Hall–Kier alpha value is -4.89. The van der Waals surface area contributed by atoms with Crippen molar-refractivity contribution < 1.29 is 37.1 Å². The highest BCUT2D eigenvalue weighted by Gasteiger charge is 2.57. The Kier molecular flexibility index (Phi) is 9.15. The molecule has 3 aromatic carbocycles. The normalized spacial score (nSPS) is 18.6. The summed E-state index contributed by atoms with van der Waals surface area (Å²) in [5.41, 5.74) is 0.967. The summed E-state index contributed by atoms with van der Waals surface area (Å²) >= 11 is 1.82. The molecule has 0 saturated carbocycles. The molecule has 0 spiro atoms. The van der Waals surface area contributed by atoms with Gasteiger partial charge >= 0.3 is 17.0 Å². The molecule has 3 amide bonds. The lowest BCUT2D eigenvalue weighted by molar-refractivity contribution is -0.137. The van der Waals surface area contributed by atoms with E-state index in [-0.39, 0.29) is 12.3 Å². The van der Waals surface area contributed by atoms with Crippen LogP contribution >= 0.6 is 23.1 Å². The number of amides is 3. The molecule has 3 atom stereocenters. The summed E-state index contributed by atoms with van der Waals surface area (Å²) in [6, 6.07) is 17.3. The summed E-state index contributed by atoms with van der Waals surface area (Å²) in [5.74, 6) is -4.27. The lowest BCUT2D eigenvalue weighted by Crippen LogP contribution is -2.33. The van der Waals surface area contributed by atoms with Crippen LogP contribution < -0.4 is 20.0 Å². The number of nitrogens with one attached hydrogen (secondary N) is 1. The quantitative estimate of drug-likeness (QED) is 0.186. The number of hydrogen-bond donors (Lipinski definition) is 1. The van der Waals surface area contributed by atoms with Crippen LogP contribution in [0.2, 0.25) is 0 Å². The Morgan fingerprint density at radius 1 is 0.959 bits per heavy atom. The molecule has 1 aromatic heterocycles. The first-order valence-corrected chi connectivity index (χ1v) is 16.8. The number of halogens is 3. The van der Waals surface area contributed by atoms with Crippen molar-refractivity contribution >= 4 is 63.9 Å². The highest BCUT2D eigenvalue weighted by atomic mass is 32.2. The first-order valence-electron chi connectivity index (χ1n) is 15.1. The molecule has 2 aliphatic heterocycles. The van der Waals surface area contributed by atoms with Gasteiger partial charge in [-0.25, -0.2) is 9.69 Å². The van der Waals surface area contributed by atoms with Crippen molar-refractivity contribution in [3.63, 3.8) is 0 Å². The molecule has 0 bridgehead atoms. The summed E-state index contributed by atoms with van der Waals surface area (Å²) in [5, 5.41) is 1.95. The van der Waals surface area contributed by atoms with Gasteiger partial charge in [-0.3, -0.25) is 23.7 Å². The molecule has 2 aliphatic rings. The average molecular weight is 711 g/mol. The first-order chi connectivity index (χ1) is 23.3. The molecule has 1 fully saturated rings. The maximum Gasteiger partial charge on any atom is 0.416 e. The van der Waals surface area contributed by atoms with Crippen LogP contribution in [0.15, 0.2) is 82.6 Å². The van der Waals surface area contributed by atoms with Crippen molar-refractivity contribution in [2.75, 3.05) is 35.8 Å². The molecule has 254 valence electrons. The van der Waals surface area contributed by atoms with E-state index >= 15 is 0 Å². The molecule has 1 saturated heterocycles. The maximum absolute atomic E-state index is 14.1. The van der Waals surface area contributed by atoms with Gasteiger partial charge in [0.1, 0.15) is 11.8 Å². The van der Waals surface area contributed by atoms with Crippen LogP contribution in [-0.4, -0.2) is 54.2 Å². The molecule has 15 heteroatoms. The number of alkyl halides is 3. The lowest BCUT2D eigenvalue weighted by atomic mass is 9.83. The Morgan fingerprint density at radius 2 is 1.65 bits per heavy atom. The number of hydrogen-bond acceptors (Lipinski definition) is 9. The second-order valence-electron chi connectivity index (χ2n) is 11.6. The van der Waals surface area contributed by atoms with Gasteiger partial charge in [-0.05, 0) is 67.1 Å². The van der Waals surface area contributed by atoms with Crippen LogP contribution in [0.4, 0.5) is 30.2 Å². The summed E-state index contributed by atoms with van der Waals surface area (Å²) in [4.78, 5) is 69.3. The first kappa shape index (κ1) is 34.0. The molecular formula is C34H29F3N4O6S2. The van der Waals surface area contributed by atoms with Crippen LogP contribution in [0.25, 0.3) is 0 Å². The van der Waals surface area contributed by atoms with Gasteiger partial charge in [-0.1, -0.05) is 41.3 Å². The van der Waals surface area contributed by atoms with Gasteiger partial charge in [0.15, 0.2) is 0 Å². The second kappa shape index (κ2) is 13.2. The number of nitrogens with zero attached hydrogens (tertiary/aromatic N) is 3. The Morgan fingerprint density at radius 3 is 2.29 bits per heavy atom. The SMILES string of the molecule is CCOC(=O)c1ccc(NC(=O)Cn2c3c(sc2=O)C(c2ccc(N(C)C)cc2)C2C(=O)N(c4cccc(C(F)(F)F)c4)C(=O)C2S3)cc1. The molecule has 0 radical (unpaired) electrons. The smallest absolute Gasteiger partial charge is 0.416 e. The lowest BCUT2D eigenvalue weighted by Gasteiger charge is -2.31. The number of fused-ring (bicyclic) bond motifs is 2. The van der Waals surface area contributed by atoms with Crippen LogP contribution in [0.5, 0.6) is 0 Å². The number of anilines is 3. The van der Waals surface area contributed by atoms with Gasteiger partial charge in [0.05, 0.1) is 34.4 Å². The zero-order valence-electron chi connectivity index (χ0n) is 26.3. The zero-order valence-corrected chi connectivity index (χ0v) is 27.9. The Bertz CT molecular complexity index is 2010. The number of ether oxygens (including phenoxy) is 1. The van der Waals surface area contributed by atoms with E-state index in [0.717, 1.165) is 51.9 Å². The van der Waals surface area contributed by atoms with E-state index < -0.39 is 63.9 Å². The van der Waals surface area contributed by atoms with Gasteiger partial charge in [-0.15, -0.1) is 0 Å². The second-order valence-corrected chi connectivity index (χ2v) is 13.7. The minimum Gasteiger partial charge on any atom is -0.462 e. The predicted molar refractivity (Wildman–Crippen MR) is 179 cm³/mol. The van der Waals surface area contributed by atoms with Crippen molar-refractivity contribution in [1.82, 2.24) is 4.57 Å². The molecule has 3 unspecified atom stereocenters. The number of carbonyl (C=O) groups is 4. The van der Waals surface area contributed by atoms with Crippen LogP contribution in [0, 0.1) is 5.92 Å². The third kappa shape index (κ3) is 6.47. The fourth-order valence-electron chi connectivity index (χ4n) is 5.92. The maximum atomic E-state index is 14.1. The number of aromatic nitrogens is 1. The van der Waals surface area contributed by atoms with Crippen molar-refractivity contribution in [2.45, 2.75) is 35.8 Å². The molecule has 1 N–H and O–H groups in total. The van der Waals surface area contributed by atoms with Crippen LogP contribution in [0.3, 0.4) is 0 Å². The molecular weight excluding hydrogens is 682 g/mol.